The molecule has 1 aromatic carbocycles. The monoisotopic (exact) mass is 253 g/mol. The van der Waals surface area contributed by atoms with Crippen LogP contribution >= 0.6 is 12.6 Å². The van der Waals surface area contributed by atoms with Crippen LogP contribution in [-0.2, 0) is 0 Å². The minimum Gasteiger partial charge on any atom is -0.454 e. The predicted molar refractivity (Wildman–Crippen MR) is 72.2 cm³/mol. The summed E-state index contributed by atoms with van der Waals surface area (Å²) in [6.07, 6.45) is 1.02. The standard InChI is InChI=1S/C13H19NO2S/c1-9-6-12-13(16-8-15-12)7-10(9)11(4-5-17)14(2)3/h6-7,11,17H,4-5,8H2,1-3H3. The first-order valence-electron chi connectivity index (χ1n) is 5.81. The van der Waals surface area contributed by atoms with Gasteiger partial charge in [-0.25, -0.2) is 0 Å². The molecule has 0 saturated carbocycles. The summed E-state index contributed by atoms with van der Waals surface area (Å²) in [5.74, 6) is 2.59. The van der Waals surface area contributed by atoms with Crippen LogP contribution in [0.2, 0.25) is 0 Å². The third kappa shape index (κ3) is 2.53. The second kappa shape index (κ2) is 5.19. The lowest BCUT2D eigenvalue weighted by molar-refractivity contribution is 0.174. The number of hydrogen-bond donors (Lipinski definition) is 1. The number of thiol groups is 1. The zero-order valence-corrected chi connectivity index (χ0v) is 11.5. The molecule has 0 aromatic heterocycles. The predicted octanol–water partition coefficient (Wildman–Crippen LogP) is 2.65. The molecular formula is C13H19NO2S. The summed E-state index contributed by atoms with van der Waals surface area (Å²) >= 11 is 4.34. The summed E-state index contributed by atoms with van der Waals surface area (Å²) in [7, 11) is 4.19. The van der Waals surface area contributed by atoms with E-state index in [0.717, 1.165) is 23.7 Å². The van der Waals surface area contributed by atoms with E-state index >= 15 is 0 Å². The molecule has 17 heavy (non-hydrogen) atoms. The quantitative estimate of drug-likeness (QED) is 0.834. The van der Waals surface area contributed by atoms with Crippen molar-refractivity contribution in [3.8, 4) is 11.5 Å². The molecule has 0 saturated heterocycles. The van der Waals surface area contributed by atoms with Gasteiger partial charge in [-0.2, -0.15) is 12.6 Å². The van der Waals surface area contributed by atoms with Gasteiger partial charge < -0.3 is 14.4 Å². The zero-order valence-electron chi connectivity index (χ0n) is 10.6. The lowest BCUT2D eigenvalue weighted by Crippen LogP contribution is -2.21. The summed E-state index contributed by atoms with van der Waals surface area (Å²) in [5, 5.41) is 0. The second-order valence-electron chi connectivity index (χ2n) is 4.55. The van der Waals surface area contributed by atoms with E-state index in [1.54, 1.807) is 0 Å². The molecule has 0 spiro atoms. The number of nitrogens with zero attached hydrogens (tertiary/aromatic N) is 1. The van der Waals surface area contributed by atoms with Crippen molar-refractivity contribution < 1.29 is 9.47 Å². The molecule has 0 N–H and O–H groups in total. The molecule has 0 radical (unpaired) electrons. The number of hydrogen-bond acceptors (Lipinski definition) is 4. The highest BCUT2D eigenvalue weighted by atomic mass is 32.1. The molecule has 4 heteroatoms. The first-order chi connectivity index (χ1) is 8.13. The van der Waals surface area contributed by atoms with Gasteiger partial charge in [0.15, 0.2) is 11.5 Å². The maximum atomic E-state index is 5.44. The van der Waals surface area contributed by atoms with Gasteiger partial charge in [-0.1, -0.05) is 0 Å². The molecule has 1 aromatic rings. The first-order valence-corrected chi connectivity index (χ1v) is 6.44. The Bertz CT molecular complexity index is 407. The molecule has 0 amide bonds. The largest absolute Gasteiger partial charge is 0.454 e. The Morgan fingerprint density at radius 1 is 1.29 bits per heavy atom. The Hall–Kier alpha value is -0.870. The van der Waals surface area contributed by atoms with Crippen LogP contribution in [-0.4, -0.2) is 31.5 Å². The average molecular weight is 253 g/mol. The number of fused-ring (bicyclic) bond motifs is 1. The van der Waals surface area contributed by atoms with Gasteiger partial charge in [-0.05, 0) is 56.5 Å². The Balaban J connectivity index is 2.36. The fourth-order valence-electron chi connectivity index (χ4n) is 2.23. The third-order valence-corrected chi connectivity index (χ3v) is 3.40. The maximum Gasteiger partial charge on any atom is 0.231 e. The maximum absolute atomic E-state index is 5.44. The molecule has 1 heterocycles. The van der Waals surface area contributed by atoms with Crippen molar-refractivity contribution in [2.24, 2.45) is 0 Å². The van der Waals surface area contributed by atoms with E-state index in [2.05, 4.69) is 50.7 Å². The van der Waals surface area contributed by atoms with Crippen LogP contribution in [0.1, 0.15) is 23.6 Å². The summed E-state index contributed by atoms with van der Waals surface area (Å²) in [5.41, 5.74) is 2.54. The van der Waals surface area contributed by atoms with E-state index < -0.39 is 0 Å². The number of rotatable bonds is 4. The minimum absolute atomic E-state index is 0.331. The number of ether oxygens (including phenoxy) is 2. The Morgan fingerprint density at radius 3 is 2.53 bits per heavy atom. The summed E-state index contributed by atoms with van der Waals surface area (Å²) in [6, 6.07) is 4.54. The number of benzene rings is 1. The fraction of sp³-hybridized carbons (Fsp3) is 0.538. The van der Waals surface area contributed by atoms with Crippen molar-refractivity contribution in [1.82, 2.24) is 4.90 Å². The third-order valence-electron chi connectivity index (χ3n) is 3.15. The summed E-state index contributed by atoms with van der Waals surface area (Å²) < 4.78 is 10.8. The van der Waals surface area contributed by atoms with Crippen molar-refractivity contribution in [2.45, 2.75) is 19.4 Å². The van der Waals surface area contributed by atoms with Gasteiger partial charge in [-0.15, -0.1) is 0 Å². The first kappa shape index (κ1) is 12.6. The molecular weight excluding hydrogens is 234 g/mol. The summed E-state index contributed by atoms with van der Waals surface area (Å²) in [6.45, 7) is 2.45. The molecule has 2 rings (SSSR count). The van der Waals surface area contributed by atoms with Crippen LogP contribution in [0.15, 0.2) is 12.1 Å². The second-order valence-corrected chi connectivity index (χ2v) is 5.00. The molecule has 0 aliphatic carbocycles. The molecule has 3 nitrogen and oxygen atoms in total. The van der Waals surface area contributed by atoms with Crippen molar-refractivity contribution in [1.29, 1.82) is 0 Å². The zero-order chi connectivity index (χ0) is 12.4. The van der Waals surface area contributed by atoms with Gasteiger partial charge in [0.25, 0.3) is 0 Å². The average Bonchev–Trinajstić information content (AvgIpc) is 2.71. The highest BCUT2D eigenvalue weighted by Crippen LogP contribution is 2.38. The van der Waals surface area contributed by atoms with Crippen LogP contribution in [0.3, 0.4) is 0 Å². The normalized spacial score (nSPS) is 15.4. The van der Waals surface area contributed by atoms with Crippen LogP contribution in [0.5, 0.6) is 11.5 Å². The topological polar surface area (TPSA) is 21.7 Å². The van der Waals surface area contributed by atoms with E-state index in [-0.39, 0.29) is 0 Å². The van der Waals surface area contributed by atoms with Crippen LogP contribution < -0.4 is 9.47 Å². The SMILES string of the molecule is Cc1cc2c(cc1C(CCS)N(C)C)OCO2. The van der Waals surface area contributed by atoms with Gasteiger partial charge in [0, 0.05) is 6.04 Å². The lowest BCUT2D eigenvalue weighted by Gasteiger charge is -2.26. The highest BCUT2D eigenvalue weighted by molar-refractivity contribution is 7.80. The molecule has 0 fully saturated rings. The summed E-state index contributed by atoms with van der Waals surface area (Å²) in [4.78, 5) is 2.22. The Labute approximate surface area is 108 Å². The van der Waals surface area contributed by atoms with Gasteiger partial charge >= 0.3 is 0 Å². The van der Waals surface area contributed by atoms with Gasteiger partial charge in [0.2, 0.25) is 6.79 Å². The van der Waals surface area contributed by atoms with E-state index in [1.165, 1.54) is 11.1 Å². The molecule has 0 bridgehead atoms. The van der Waals surface area contributed by atoms with Crippen LogP contribution in [0.4, 0.5) is 0 Å². The number of aryl methyl sites for hydroxylation is 1. The molecule has 1 aliphatic rings. The van der Waals surface area contributed by atoms with Crippen molar-refractivity contribution in [2.75, 3.05) is 26.6 Å². The molecule has 1 unspecified atom stereocenters. The van der Waals surface area contributed by atoms with Gasteiger partial charge in [-0.3, -0.25) is 0 Å². The van der Waals surface area contributed by atoms with E-state index in [9.17, 15) is 0 Å². The smallest absolute Gasteiger partial charge is 0.231 e. The Kier molecular flexibility index (Phi) is 3.84. The fourth-order valence-corrected chi connectivity index (χ4v) is 2.48. The van der Waals surface area contributed by atoms with Gasteiger partial charge in [0.05, 0.1) is 0 Å². The van der Waals surface area contributed by atoms with Crippen LogP contribution in [0.25, 0.3) is 0 Å². The Morgan fingerprint density at radius 2 is 1.94 bits per heavy atom. The lowest BCUT2D eigenvalue weighted by atomic mass is 9.97. The van der Waals surface area contributed by atoms with Crippen molar-refractivity contribution in [3.63, 3.8) is 0 Å². The van der Waals surface area contributed by atoms with E-state index in [0.29, 0.717) is 12.8 Å². The van der Waals surface area contributed by atoms with Gasteiger partial charge in [0.1, 0.15) is 0 Å². The van der Waals surface area contributed by atoms with E-state index in [4.69, 9.17) is 9.47 Å². The highest BCUT2D eigenvalue weighted by Gasteiger charge is 2.21. The van der Waals surface area contributed by atoms with Crippen LogP contribution in [0, 0.1) is 6.92 Å². The molecule has 94 valence electrons. The molecule has 1 aliphatic heterocycles. The minimum atomic E-state index is 0.331. The molecule has 1 atom stereocenters. The van der Waals surface area contributed by atoms with E-state index in [1.807, 2.05) is 0 Å². The van der Waals surface area contributed by atoms with Crippen molar-refractivity contribution >= 4 is 12.6 Å². The van der Waals surface area contributed by atoms with Crippen molar-refractivity contribution in [3.05, 3.63) is 23.3 Å².